The molecule has 0 aliphatic rings. The topological polar surface area (TPSA) is 46.9 Å². The highest BCUT2D eigenvalue weighted by Gasteiger charge is 2.23. The molecule has 3 aromatic rings. The highest BCUT2D eigenvalue weighted by molar-refractivity contribution is 7.18. The Hall–Kier alpha value is -2.51. The van der Waals surface area contributed by atoms with Crippen LogP contribution in [0.3, 0.4) is 0 Å². The molecule has 0 aliphatic heterocycles. The molecule has 5 nitrogen and oxygen atoms in total. The van der Waals surface area contributed by atoms with Crippen molar-refractivity contribution in [3.63, 3.8) is 0 Å². The summed E-state index contributed by atoms with van der Waals surface area (Å²) < 4.78 is 19.9. The van der Waals surface area contributed by atoms with E-state index in [1.54, 1.807) is 29.4 Å². The SMILES string of the molecule is COc1ccc(C[NH+](C)CC(=O)N(C)[C@H](C)c2nc3ccccc3s2)cc1F. The minimum absolute atomic E-state index is 0.0261. The standard InChI is InChI=1S/C21H24FN3O2S/c1-14(21-23-17-7-5-6-8-19(17)28-21)25(3)20(26)13-24(2)12-15-9-10-18(27-4)16(22)11-15/h5-11,14H,12-13H2,1-4H3/p+1/t14-/m1/s1. The number of para-hydroxylation sites is 1. The minimum Gasteiger partial charge on any atom is -0.494 e. The number of quaternary nitrogens is 1. The number of thiazole rings is 1. The Bertz CT molecular complexity index is 942. The van der Waals surface area contributed by atoms with Gasteiger partial charge >= 0.3 is 0 Å². The van der Waals surface area contributed by atoms with Crippen LogP contribution in [0.5, 0.6) is 5.75 Å². The number of ether oxygens (including phenoxy) is 1. The van der Waals surface area contributed by atoms with Crippen molar-refractivity contribution in [2.45, 2.75) is 19.5 Å². The van der Waals surface area contributed by atoms with E-state index in [1.807, 2.05) is 44.3 Å². The summed E-state index contributed by atoms with van der Waals surface area (Å²) in [6.45, 7) is 2.86. The lowest BCUT2D eigenvalue weighted by Crippen LogP contribution is -3.08. The van der Waals surface area contributed by atoms with Gasteiger partial charge in [0.2, 0.25) is 0 Å². The summed E-state index contributed by atoms with van der Waals surface area (Å²) in [7, 11) is 5.17. The summed E-state index contributed by atoms with van der Waals surface area (Å²) in [6.07, 6.45) is 0. The number of fused-ring (bicyclic) bond motifs is 1. The number of hydrogen-bond donors (Lipinski definition) is 1. The third kappa shape index (κ3) is 4.48. The smallest absolute Gasteiger partial charge is 0.278 e. The quantitative estimate of drug-likeness (QED) is 0.661. The van der Waals surface area contributed by atoms with Gasteiger partial charge in [-0.2, -0.15) is 0 Å². The van der Waals surface area contributed by atoms with Gasteiger partial charge in [-0.1, -0.05) is 12.1 Å². The van der Waals surface area contributed by atoms with Gasteiger partial charge < -0.3 is 14.5 Å². The van der Waals surface area contributed by atoms with Crippen LogP contribution < -0.4 is 9.64 Å². The van der Waals surface area contributed by atoms with Gasteiger partial charge in [-0.05, 0) is 37.3 Å². The molecule has 0 fully saturated rings. The molecule has 0 bridgehead atoms. The molecule has 148 valence electrons. The van der Waals surface area contributed by atoms with Crippen LogP contribution >= 0.6 is 11.3 Å². The molecule has 28 heavy (non-hydrogen) atoms. The molecular weight excluding hydrogens is 377 g/mol. The van der Waals surface area contributed by atoms with Gasteiger partial charge in [-0.15, -0.1) is 11.3 Å². The Labute approximate surface area is 168 Å². The zero-order valence-corrected chi connectivity index (χ0v) is 17.3. The van der Waals surface area contributed by atoms with Crippen LogP contribution in [0.25, 0.3) is 10.2 Å². The maximum Gasteiger partial charge on any atom is 0.278 e. The maximum atomic E-state index is 13.9. The molecule has 0 saturated carbocycles. The lowest BCUT2D eigenvalue weighted by molar-refractivity contribution is -0.885. The van der Waals surface area contributed by atoms with Crippen LogP contribution in [0, 0.1) is 5.82 Å². The van der Waals surface area contributed by atoms with Gasteiger partial charge in [0, 0.05) is 12.6 Å². The van der Waals surface area contributed by atoms with E-state index in [0.29, 0.717) is 13.1 Å². The second kappa shape index (κ2) is 8.67. The fourth-order valence-electron chi connectivity index (χ4n) is 3.06. The second-order valence-corrected chi connectivity index (χ2v) is 8.04. The molecule has 2 atom stereocenters. The predicted molar refractivity (Wildman–Crippen MR) is 109 cm³/mol. The number of nitrogens with one attached hydrogen (secondary N) is 1. The van der Waals surface area contributed by atoms with Crippen LogP contribution in [-0.2, 0) is 11.3 Å². The van der Waals surface area contributed by atoms with Crippen molar-refractivity contribution in [2.75, 3.05) is 27.7 Å². The number of nitrogens with zero attached hydrogens (tertiary/aromatic N) is 2. The lowest BCUT2D eigenvalue weighted by Gasteiger charge is -2.24. The molecule has 1 heterocycles. The molecule has 2 aromatic carbocycles. The van der Waals surface area contributed by atoms with Crippen LogP contribution in [0.4, 0.5) is 4.39 Å². The summed E-state index contributed by atoms with van der Waals surface area (Å²) >= 11 is 1.61. The van der Waals surface area contributed by atoms with Crippen LogP contribution in [-0.4, -0.2) is 43.5 Å². The molecule has 0 saturated heterocycles. The molecule has 1 unspecified atom stereocenters. The molecule has 0 radical (unpaired) electrons. The molecule has 1 N–H and O–H groups in total. The first-order chi connectivity index (χ1) is 13.4. The molecule has 1 aromatic heterocycles. The Balaban J connectivity index is 1.61. The number of methoxy groups -OCH3 is 1. The molecule has 0 spiro atoms. The van der Waals surface area contributed by atoms with Crippen molar-refractivity contribution in [3.05, 3.63) is 58.9 Å². The highest BCUT2D eigenvalue weighted by atomic mass is 32.1. The van der Waals surface area contributed by atoms with Crippen molar-refractivity contribution in [2.24, 2.45) is 0 Å². The van der Waals surface area contributed by atoms with E-state index in [9.17, 15) is 9.18 Å². The lowest BCUT2D eigenvalue weighted by atomic mass is 10.2. The fourth-order valence-corrected chi connectivity index (χ4v) is 4.13. The summed E-state index contributed by atoms with van der Waals surface area (Å²) in [6, 6.07) is 12.8. The van der Waals surface area contributed by atoms with Gasteiger partial charge in [-0.25, -0.2) is 9.37 Å². The van der Waals surface area contributed by atoms with Crippen molar-refractivity contribution in [1.82, 2.24) is 9.88 Å². The number of benzene rings is 2. The highest BCUT2D eigenvalue weighted by Crippen LogP contribution is 2.28. The minimum atomic E-state index is -0.388. The third-order valence-corrected chi connectivity index (χ3v) is 6.02. The average molecular weight is 403 g/mol. The van der Waals surface area contributed by atoms with Crippen LogP contribution in [0.2, 0.25) is 0 Å². The van der Waals surface area contributed by atoms with Gasteiger partial charge in [0.1, 0.15) is 11.6 Å². The zero-order valence-electron chi connectivity index (χ0n) is 16.5. The third-order valence-electron chi connectivity index (χ3n) is 4.82. The van der Waals surface area contributed by atoms with Gasteiger partial charge in [0.05, 0.1) is 30.4 Å². The number of hydrogen-bond acceptors (Lipinski definition) is 4. The van der Waals surface area contributed by atoms with E-state index >= 15 is 0 Å². The predicted octanol–water partition coefficient (Wildman–Crippen LogP) is 2.68. The van der Waals surface area contributed by atoms with E-state index in [-0.39, 0.29) is 23.5 Å². The summed E-state index contributed by atoms with van der Waals surface area (Å²) in [5.74, 6) is -0.138. The number of rotatable bonds is 7. The monoisotopic (exact) mass is 402 g/mol. The first kappa shape index (κ1) is 20.2. The Kier molecular flexibility index (Phi) is 6.26. The molecular formula is C21H25FN3O2S+. The van der Waals surface area contributed by atoms with Gasteiger partial charge in [-0.3, -0.25) is 4.79 Å². The van der Waals surface area contributed by atoms with E-state index in [1.165, 1.54) is 13.2 Å². The Morgan fingerprint density at radius 3 is 2.75 bits per heavy atom. The number of amides is 1. The number of likely N-dealkylation sites (N-methyl/N-ethyl adjacent to an activating group) is 2. The average Bonchev–Trinajstić information content (AvgIpc) is 3.11. The van der Waals surface area contributed by atoms with E-state index < -0.39 is 0 Å². The van der Waals surface area contributed by atoms with Crippen LogP contribution in [0.15, 0.2) is 42.5 Å². The molecule has 7 heteroatoms. The fraction of sp³-hybridized carbons (Fsp3) is 0.333. The number of halogens is 1. The summed E-state index contributed by atoms with van der Waals surface area (Å²) in [5.41, 5.74) is 1.78. The van der Waals surface area contributed by atoms with E-state index in [4.69, 9.17) is 4.74 Å². The first-order valence-corrected chi connectivity index (χ1v) is 9.95. The molecule has 1 amide bonds. The maximum absolute atomic E-state index is 13.9. The number of aromatic nitrogens is 1. The Morgan fingerprint density at radius 1 is 1.32 bits per heavy atom. The van der Waals surface area contributed by atoms with Crippen molar-refractivity contribution >= 4 is 27.5 Å². The number of carbonyl (C=O) groups excluding carboxylic acids is 1. The van der Waals surface area contributed by atoms with Crippen molar-refractivity contribution in [1.29, 1.82) is 0 Å². The van der Waals surface area contributed by atoms with Crippen molar-refractivity contribution in [3.8, 4) is 5.75 Å². The zero-order chi connectivity index (χ0) is 20.3. The van der Waals surface area contributed by atoms with Gasteiger partial charge in [0.25, 0.3) is 5.91 Å². The van der Waals surface area contributed by atoms with E-state index in [2.05, 4.69) is 4.98 Å². The molecule has 0 aliphatic carbocycles. The van der Waals surface area contributed by atoms with Gasteiger partial charge in [0.15, 0.2) is 18.1 Å². The largest absolute Gasteiger partial charge is 0.494 e. The normalized spacial score (nSPS) is 13.3. The van der Waals surface area contributed by atoms with Crippen LogP contribution in [0.1, 0.15) is 23.5 Å². The van der Waals surface area contributed by atoms with E-state index in [0.717, 1.165) is 25.7 Å². The summed E-state index contributed by atoms with van der Waals surface area (Å²) in [4.78, 5) is 20.1. The second-order valence-electron chi connectivity index (χ2n) is 6.98. The first-order valence-electron chi connectivity index (χ1n) is 9.14. The summed E-state index contributed by atoms with van der Waals surface area (Å²) in [5, 5.41) is 0.923. The van der Waals surface area contributed by atoms with Crippen molar-refractivity contribution < 1.29 is 18.8 Å². The molecule has 3 rings (SSSR count). The number of carbonyl (C=O) groups is 1. The Morgan fingerprint density at radius 2 is 2.07 bits per heavy atom.